The van der Waals surface area contributed by atoms with Crippen molar-refractivity contribution in [3.8, 4) is 22.6 Å². The van der Waals surface area contributed by atoms with Crippen molar-refractivity contribution in [1.82, 2.24) is 25.5 Å². The summed E-state index contributed by atoms with van der Waals surface area (Å²) in [7, 11) is 0. The number of aromatic hydroxyl groups is 1. The molecule has 0 aliphatic carbocycles. The second kappa shape index (κ2) is 16.8. The summed E-state index contributed by atoms with van der Waals surface area (Å²) in [5.74, 6) is -0.459. The number of ether oxygens (including phenoxy) is 2. The molecular formula is C38H39N5O7S. The summed E-state index contributed by atoms with van der Waals surface area (Å²) in [6, 6.07) is 30.3. The molecule has 12 nitrogen and oxygen atoms in total. The van der Waals surface area contributed by atoms with Crippen LogP contribution in [0.15, 0.2) is 102 Å². The number of carboxylic acid groups (broad SMARTS) is 1. The minimum Gasteiger partial charge on any atom is -0.508 e. The molecular weight excluding hydrogens is 671 g/mol. The zero-order valence-electron chi connectivity index (χ0n) is 28.0. The monoisotopic (exact) mass is 709 g/mol. The summed E-state index contributed by atoms with van der Waals surface area (Å²) in [6.07, 6.45) is -0.825. The van der Waals surface area contributed by atoms with Crippen molar-refractivity contribution in [3.05, 3.63) is 119 Å². The highest BCUT2D eigenvalue weighted by molar-refractivity contribution is 7.99. The van der Waals surface area contributed by atoms with Gasteiger partial charge in [0.1, 0.15) is 5.75 Å². The number of hydrogen-bond donors (Lipinski definition) is 4. The number of carbonyl (C=O) groups is 2. The van der Waals surface area contributed by atoms with Gasteiger partial charge in [-0.25, -0.2) is 0 Å². The second-order valence-corrected chi connectivity index (χ2v) is 13.4. The molecule has 13 heteroatoms. The predicted molar refractivity (Wildman–Crippen MR) is 190 cm³/mol. The molecule has 0 saturated carbocycles. The first-order valence-corrected chi connectivity index (χ1v) is 17.6. The van der Waals surface area contributed by atoms with E-state index in [1.807, 2.05) is 72.8 Å². The summed E-state index contributed by atoms with van der Waals surface area (Å²) >= 11 is 1.47. The van der Waals surface area contributed by atoms with Crippen LogP contribution < -0.4 is 5.32 Å². The molecule has 0 radical (unpaired) electrons. The Balaban J connectivity index is 1.21. The number of aliphatic carboxylic acids is 1. The van der Waals surface area contributed by atoms with Gasteiger partial charge in [0.2, 0.25) is 11.1 Å². The van der Waals surface area contributed by atoms with E-state index in [-0.39, 0.29) is 49.2 Å². The van der Waals surface area contributed by atoms with Gasteiger partial charge in [-0.1, -0.05) is 79.3 Å². The van der Waals surface area contributed by atoms with Gasteiger partial charge in [-0.3, -0.25) is 9.59 Å². The topological polar surface area (TPSA) is 169 Å². The highest BCUT2D eigenvalue weighted by Crippen LogP contribution is 2.43. The van der Waals surface area contributed by atoms with E-state index >= 15 is 0 Å². The predicted octanol–water partition coefficient (Wildman–Crippen LogP) is 5.98. The van der Waals surface area contributed by atoms with E-state index in [1.54, 1.807) is 28.9 Å². The van der Waals surface area contributed by atoms with Gasteiger partial charge in [0.15, 0.2) is 6.29 Å². The first-order chi connectivity index (χ1) is 24.8. The van der Waals surface area contributed by atoms with Crippen LogP contribution >= 0.6 is 11.8 Å². The van der Waals surface area contributed by atoms with Crippen LogP contribution in [-0.2, 0) is 32.2 Å². The Kier molecular flexibility index (Phi) is 11.7. The SMILES string of the molecule is C[C@H]1[C@@H](CSc2nnnn2-c2ccc(O)cc2)O[C@@H](c2cccc(-c3cccc(CNC(=O)CCCC(=O)O)c3)c2)O[C@H]1c1ccc(CO)cc1. The highest BCUT2D eigenvalue weighted by Gasteiger charge is 2.38. The molecule has 1 aromatic heterocycles. The lowest BCUT2D eigenvalue weighted by Crippen LogP contribution is -2.38. The van der Waals surface area contributed by atoms with Gasteiger partial charge >= 0.3 is 5.97 Å². The third-order valence-corrected chi connectivity index (χ3v) is 9.75. The van der Waals surface area contributed by atoms with Gasteiger partial charge < -0.3 is 30.1 Å². The van der Waals surface area contributed by atoms with E-state index in [1.165, 1.54) is 11.8 Å². The molecule has 264 valence electrons. The molecule has 0 bridgehead atoms. The zero-order valence-corrected chi connectivity index (χ0v) is 28.8. The first kappa shape index (κ1) is 35.7. The van der Waals surface area contributed by atoms with E-state index in [9.17, 15) is 19.8 Å². The average Bonchev–Trinajstić information content (AvgIpc) is 3.62. The standard InChI is InChI=1S/C38H39N5O7S/c1-24-33(23-51-38-40-41-42-43(38)31-15-17-32(45)18-16-31)49-37(50-36(24)27-13-11-25(22-44)12-14-27)30-8-3-7-29(20-30)28-6-2-5-26(19-28)21-39-34(46)9-4-10-35(47)48/h2-3,5-8,11-20,24,33,36-37,44-45H,4,9-10,21-23H2,1H3,(H,39,46)(H,47,48)/t24-,33+,36+,37+/m0/s1. The lowest BCUT2D eigenvalue weighted by Gasteiger charge is -2.41. The molecule has 51 heavy (non-hydrogen) atoms. The van der Waals surface area contributed by atoms with Gasteiger partial charge in [-0.15, -0.1) is 5.10 Å². The van der Waals surface area contributed by atoms with Crippen molar-refractivity contribution in [2.75, 3.05) is 5.75 Å². The number of phenols is 1. The molecule has 1 saturated heterocycles. The van der Waals surface area contributed by atoms with Crippen LogP contribution in [0.5, 0.6) is 5.75 Å². The van der Waals surface area contributed by atoms with Crippen molar-refractivity contribution in [3.63, 3.8) is 0 Å². The number of hydrogen-bond acceptors (Lipinski definition) is 10. The fraction of sp³-hybridized carbons (Fsp3) is 0.289. The summed E-state index contributed by atoms with van der Waals surface area (Å²) < 4.78 is 15.0. The maximum absolute atomic E-state index is 12.2. The van der Waals surface area contributed by atoms with Crippen LogP contribution in [0.25, 0.3) is 16.8 Å². The Hall–Kier alpha value is -5.08. The molecule has 6 rings (SSSR count). The van der Waals surface area contributed by atoms with E-state index in [2.05, 4.69) is 27.8 Å². The summed E-state index contributed by atoms with van der Waals surface area (Å²) in [4.78, 5) is 23.0. The number of thioether (sulfide) groups is 1. The lowest BCUT2D eigenvalue weighted by atomic mass is 9.91. The van der Waals surface area contributed by atoms with Crippen LogP contribution in [-0.4, -0.2) is 59.3 Å². The third-order valence-electron chi connectivity index (χ3n) is 8.74. The summed E-state index contributed by atoms with van der Waals surface area (Å²) in [6.45, 7) is 2.38. The molecule has 1 aliphatic rings. The molecule has 4 aromatic carbocycles. The van der Waals surface area contributed by atoms with E-state index in [0.29, 0.717) is 23.9 Å². The molecule has 4 N–H and O–H groups in total. The van der Waals surface area contributed by atoms with Crippen LogP contribution in [0.1, 0.15) is 60.8 Å². The Morgan fingerprint density at radius 1 is 0.882 bits per heavy atom. The zero-order chi connectivity index (χ0) is 35.7. The smallest absolute Gasteiger partial charge is 0.303 e. The number of carboxylic acids is 1. The third kappa shape index (κ3) is 9.18. The fourth-order valence-electron chi connectivity index (χ4n) is 5.91. The molecule has 1 fully saturated rings. The Morgan fingerprint density at radius 2 is 1.63 bits per heavy atom. The number of aliphatic hydroxyl groups excluding tert-OH is 1. The number of nitrogens with zero attached hydrogens (tertiary/aromatic N) is 4. The number of aliphatic hydroxyl groups is 1. The van der Waals surface area contributed by atoms with E-state index in [0.717, 1.165) is 39.1 Å². The second-order valence-electron chi connectivity index (χ2n) is 12.4. The highest BCUT2D eigenvalue weighted by atomic mass is 32.2. The van der Waals surface area contributed by atoms with Crippen LogP contribution in [0.4, 0.5) is 0 Å². The average molecular weight is 710 g/mol. The number of benzene rings is 4. The summed E-state index contributed by atoms with van der Waals surface area (Å²) in [5.41, 5.74) is 6.19. The number of carbonyl (C=O) groups excluding carboxylic acids is 1. The Bertz CT molecular complexity index is 1940. The Morgan fingerprint density at radius 3 is 2.37 bits per heavy atom. The molecule has 0 spiro atoms. The van der Waals surface area contributed by atoms with Crippen molar-refractivity contribution in [2.45, 2.75) is 63.0 Å². The normalized spacial score (nSPS) is 18.7. The molecule has 1 amide bonds. The number of amides is 1. The molecule has 4 atom stereocenters. The van der Waals surface area contributed by atoms with Crippen LogP contribution in [0.2, 0.25) is 0 Å². The number of aromatic nitrogens is 4. The van der Waals surface area contributed by atoms with Gasteiger partial charge in [-0.05, 0) is 81.1 Å². The Labute approximate surface area is 299 Å². The maximum atomic E-state index is 12.2. The minimum absolute atomic E-state index is 0.0374. The molecule has 2 heterocycles. The van der Waals surface area contributed by atoms with E-state index < -0.39 is 12.3 Å². The van der Waals surface area contributed by atoms with Gasteiger partial charge in [0, 0.05) is 36.6 Å². The van der Waals surface area contributed by atoms with Crippen molar-refractivity contribution in [2.24, 2.45) is 5.92 Å². The molecule has 0 unspecified atom stereocenters. The van der Waals surface area contributed by atoms with Crippen molar-refractivity contribution >= 4 is 23.6 Å². The number of rotatable bonds is 14. The van der Waals surface area contributed by atoms with Gasteiger partial charge in [0.05, 0.1) is 24.5 Å². The number of phenolic OH excluding ortho intramolecular Hbond substituents is 1. The largest absolute Gasteiger partial charge is 0.508 e. The first-order valence-electron chi connectivity index (χ1n) is 16.7. The van der Waals surface area contributed by atoms with Crippen molar-refractivity contribution < 1.29 is 34.4 Å². The van der Waals surface area contributed by atoms with Gasteiger partial charge in [-0.2, -0.15) is 4.68 Å². The number of tetrazole rings is 1. The fourth-order valence-corrected chi connectivity index (χ4v) is 6.96. The van der Waals surface area contributed by atoms with Gasteiger partial charge in [0.25, 0.3) is 0 Å². The van der Waals surface area contributed by atoms with Crippen LogP contribution in [0, 0.1) is 5.92 Å². The lowest BCUT2D eigenvalue weighted by molar-refractivity contribution is -0.268. The van der Waals surface area contributed by atoms with E-state index in [4.69, 9.17) is 14.6 Å². The quantitative estimate of drug-likeness (QED) is 0.100. The minimum atomic E-state index is -0.914. The number of nitrogens with one attached hydrogen (secondary N) is 1. The molecule has 1 aliphatic heterocycles. The maximum Gasteiger partial charge on any atom is 0.303 e. The summed E-state index contributed by atoms with van der Waals surface area (Å²) in [5, 5.41) is 43.9. The van der Waals surface area contributed by atoms with Crippen LogP contribution in [0.3, 0.4) is 0 Å². The molecule has 5 aromatic rings. The van der Waals surface area contributed by atoms with Crippen molar-refractivity contribution in [1.29, 1.82) is 0 Å².